The Balaban J connectivity index is 0.00000176. The normalized spacial score (nSPS) is 16.8. The van der Waals surface area contributed by atoms with Gasteiger partial charge in [-0.2, -0.15) is 0 Å². The van der Waals surface area contributed by atoms with Crippen LogP contribution in [0, 0.1) is 5.92 Å². The van der Waals surface area contributed by atoms with Gasteiger partial charge in [-0.05, 0) is 37.1 Å². The first kappa shape index (κ1) is 16.5. The largest absolute Gasteiger partial charge is 0.326 e. The van der Waals surface area contributed by atoms with Gasteiger partial charge in [0.25, 0.3) is 0 Å². The molecule has 2 N–H and O–H groups in total. The zero-order chi connectivity index (χ0) is 14.5. The van der Waals surface area contributed by atoms with Gasteiger partial charge in [-0.1, -0.05) is 48.5 Å². The third kappa shape index (κ3) is 4.09. The number of benzene rings is 2. The number of carbonyl (C=O) groups excluding carboxylic acids is 1. The fourth-order valence-electron chi connectivity index (χ4n) is 2.81. The molecule has 0 spiro atoms. The van der Waals surface area contributed by atoms with Gasteiger partial charge in [0.1, 0.15) is 0 Å². The number of amides is 1. The lowest BCUT2D eigenvalue weighted by Crippen LogP contribution is -2.18. The van der Waals surface area contributed by atoms with Crippen molar-refractivity contribution in [3.63, 3.8) is 0 Å². The summed E-state index contributed by atoms with van der Waals surface area (Å²) < 4.78 is 0. The van der Waals surface area contributed by atoms with Crippen LogP contribution in [0.3, 0.4) is 0 Å². The second kappa shape index (κ2) is 7.97. The molecule has 2 aromatic rings. The number of nitrogens with one attached hydrogen (secondary N) is 2. The highest BCUT2D eigenvalue weighted by molar-refractivity contribution is 5.95. The summed E-state index contributed by atoms with van der Waals surface area (Å²) in [5, 5.41) is 6.37. The molecule has 22 heavy (non-hydrogen) atoms. The van der Waals surface area contributed by atoms with Crippen LogP contribution in [0.1, 0.15) is 12.8 Å². The smallest absolute Gasteiger partial charge is 0.224 e. The van der Waals surface area contributed by atoms with E-state index in [1.54, 1.807) is 0 Å². The van der Waals surface area contributed by atoms with Crippen LogP contribution in [-0.4, -0.2) is 19.0 Å². The minimum Gasteiger partial charge on any atom is -0.326 e. The first-order valence-corrected chi connectivity index (χ1v) is 7.48. The molecule has 1 heterocycles. The highest BCUT2D eigenvalue weighted by atomic mass is 35.5. The summed E-state index contributed by atoms with van der Waals surface area (Å²) in [5.74, 6) is 0.570. The average Bonchev–Trinajstić information content (AvgIpc) is 3.01. The Morgan fingerprint density at radius 1 is 1.09 bits per heavy atom. The molecule has 2 aromatic carbocycles. The van der Waals surface area contributed by atoms with Crippen molar-refractivity contribution in [3.05, 3.63) is 54.6 Å². The first-order valence-electron chi connectivity index (χ1n) is 7.48. The van der Waals surface area contributed by atoms with E-state index < -0.39 is 0 Å². The Bertz CT molecular complexity index is 609. The van der Waals surface area contributed by atoms with E-state index in [-0.39, 0.29) is 18.3 Å². The Labute approximate surface area is 137 Å². The lowest BCUT2D eigenvalue weighted by molar-refractivity contribution is -0.116. The van der Waals surface area contributed by atoms with Gasteiger partial charge in [-0.3, -0.25) is 4.79 Å². The maximum Gasteiger partial charge on any atom is 0.224 e. The molecule has 3 nitrogen and oxygen atoms in total. The van der Waals surface area contributed by atoms with E-state index in [1.807, 2.05) is 42.5 Å². The standard InChI is InChI=1S/C18H20N2O.ClH/c21-18(12-14-10-11-19-13-14)20-17-9-5-4-8-16(17)15-6-2-1-3-7-15;/h1-9,14,19H,10-13H2,(H,20,21);1H. The molecule has 1 amide bonds. The summed E-state index contributed by atoms with van der Waals surface area (Å²) in [6.07, 6.45) is 1.68. The van der Waals surface area contributed by atoms with Crippen LogP contribution < -0.4 is 10.6 Å². The quantitative estimate of drug-likeness (QED) is 0.902. The number of hydrogen-bond acceptors (Lipinski definition) is 2. The van der Waals surface area contributed by atoms with Crippen molar-refractivity contribution >= 4 is 24.0 Å². The number of para-hydroxylation sites is 1. The van der Waals surface area contributed by atoms with Gasteiger partial charge in [0.2, 0.25) is 5.91 Å². The van der Waals surface area contributed by atoms with Crippen molar-refractivity contribution in [2.24, 2.45) is 5.92 Å². The predicted octanol–water partition coefficient (Wildman–Crippen LogP) is 3.71. The topological polar surface area (TPSA) is 41.1 Å². The van der Waals surface area contributed by atoms with Crippen molar-refractivity contribution in [3.8, 4) is 11.1 Å². The monoisotopic (exact) mass is 316 g/mol. The van der Waals surface area contributed by atoms with Crippen LogP contribution in [0.25, 0.3) is 11.1 Å². The molecule has 0 aromatic heterocycles. The summed E-state index contributed by atoms with van der Waals surface area (Å²) in [5.41, 5.74) is 3.08. The summed E-state index contributed by atoms with van der Waals surface area (Å²) >= 11 is 0. The van der Waals surface area contributed by atoms with Crippen LogP contribution in [0.2, 0.25) is 0 Å². The van der Waals surface area contributed by atoms with Gasteiger partial charge >= 0.3 is 0 Å². The minimum atomic E-state index is 0. The predicted molar refractivity (Wildman–Crippen MR) is 93.3 cm³/mol. The van der Waals surface area contributed by atoms with Gasteiger partial charge in [0.15, 0.2) is 0 Å². The van der Waals surface area contributed by atoms with E-state index in [4.69, 9.17) is 0 Å². The van der Waals surface area contributed by atoms with Crippen molar-refractivity contribution in [1.82, 2.24) is 5.32 Å². The third-order valence-electron chi connectivity index (χ3n) is 3.92. The number of hydrogen-bond donors (Lipinski definition) is 2. The molecule has 116 valence electrons. The molecule has 0 saturated carbocycles. The van der Waals surface area contributed by atoms with Crippen LogP contribution in [0.5, 0.6) is 0 Å². The highest BCUT2D eigenvalue weighted by Crippen LogP contribution is 2.28. The maximum absolute atomic E-state index is 12.2. The second-order valence-corrected chi connectivity index (χ2v) is 5.52. The van der Waals surface area contributed by atoms with Crippen molar-refractivity contribution in [2.75, 3.05) is 18.4 Å². The SMILES string of the molecule is Cl.O=C(CC1CCNC1)Nc1ccccc1-c1ccccc1. The third-order valence-corrected chi connectivity index (χ3v) is 3.92. The van der Waals surface area contributed by atoms with Gasteiger partial charge in [-0.15, -0.1) is 12.4 Å². The van der Waals surface area contributed by atoms with Crippen molar-refractivity contribution in [2.45, 2.75) is 12.8 Å². The van der Waals surface area contributed by atoms with Crippen LogP contribution in [0.15, 0.2) is 54.6 Å². The fraction of sp³-hybridized carbons (Fsp3) is 0.278. The molecule has 3 rings (SSSR count). The Kier molecular flexibility index (Phi) is 5.99. The highest BCUT2D eigenvalue weighted by Gasteiger charge is 2.18. The lowest BCUT2D eigenvalue weighted by Gasteiger charge is -2.13. The number of halogens is 1. The number of carbonyl (C=O) groups is 1. The van der Waals surface area contributed by atoms with E-state index in [1.165, 1.54) is 0 Å². The summed E-state index contributed by atoms with van der Waals surface area (Å²) in [6.45, 7) is 1.98. The Morgan fingerprint density at radius 2 is 1.82 bits per heavy atom. The van der Waals surface area contributed by atoms with Crippen molar-refractivity contribution < 1.29 is 4.79 Å². The molecule has 1 saturated heterocycles. The lowest BCUT2D eigenvalue weighted by atomic mass is 10.0. The van der Waals surface area contributed by atoms with Crippen LogP contribution in [0.4, 0.5) is 5.69 Å². The van der Waals surface area contributed by atoms with Crippen molar-refractivity contribution in [1.29, 1.82) is 0 Å². The molecular formula is C18H21ClN2O. The van der Waals surface area contributed by atoms with E-state index >= 15 is 0 Å². The van der Waals surface area contributed by atoms with Gasteiger partial charge in [0.05, 0.1) is 0 Å². The summed E-state index contributed by atoms with van der Waals surface area (Å²) in [6, 6.07) is 18.1. The molecule has 0 aliphatic carbocycles. The molecule has 1 fully saturated rings. The van der Waals surface area contributed by atoms with E-state index in [0.717, 1.165) is 36.3 Å². The first-order chi connectivity index (χ1) is 10.3. The van der Waals surface area contributed by atoms with E-state index in [9.17, 15) is 4.79 Å². The maximum atomic E-state index is 12.2. The minimum absolute atomic E-state index is 0. The number of anilines is 1. The summed E-state index contributed by atoms with van der Waals surface area (Å²) in [7, 11) is 0. The van der Waals surface area contributed by atoms with Crippen LogP contribution in [-0.2, 0) is 4.79 Å². The zero-order valence-corrected chi connectivity index (χ0v) is 13.2. The van der Waals surface area contributed by atoms with Gasteiger partial charge in [0, 0.05) is 17.7 Å². The number of rotatable bonds is 4. The molecule has 4 heteroatoms. The molecule has 1 aliphatic rings. The molecule has 1 unspecified atom stereocenters. The second-order valence-electron chi connectivity index (χ2n) is 5.52. The van der Waals surface area contributed by atoms with E-state index in [2.05, 4.69) is 22.8 Å². The van der Waals surface area contributed by atoms with Crippen LogP contribution >= 0.6 is 12.4 Å². The average molecular weight is 317 g/mol. The fourth-order valence-corrected chi connectivity index (χ4v) is 2.81. The molecule has 0 radical (unpaired) electrons. The zero-order valence-electron chi connectivity index (χ0n) is 12.4. The Morgan fingerprint density at radius 3 is 2.55 bits per heavy atom. The molecule has 1 aliphatic heterocycles. The van der Waals surface area contributed by atoms with Gasteiger partial charge in [-0.25, -0.2) is 0 Å². The summed E-state index contributed by atoms with van der Waals surface area (Å²) in [4.78, 5) is 12.2. The molecular weight excluding hydrogens is 296 g/mol. The molecule has 1 atom stereocenters. The van der Waals surface area contributed by atoms with Gasteiger partial charge < -0.3 is 10.6 Å². The van der Waals surface area contributed by atoms with E-state index in [0.29, 0.717) is 12.3 Å². The Hall–Kier alpha value is -1.84. The molecule has 0 bridgehead atoms.